The number of likely N-dealkylation sites (tertiary alicyclic amines) is 1. The summed E-state index contributed by atoms with van der Waals surface area (Å²) >= 11 is 0. The molecule has 11 heteroatoms. The molecule has 3 aromatic rings. The van der Waals surface area contributed by atoms with Gasteiger partial charge in [0.2, 0.25) is 0 Å². The Kier molecular flexibility index (Phi) is 8.03. The van der Waals surface area contributed by atoms with Crippen molar-refractivity contribution in [2.45, 2.75) is 52.1 Å². The highest BCUT2D eigenvalue weighted by Crippen LogP contribution is 2.44. The predicted octanol–water partition coefficient (Wildman–Crippen LogP) is 7.34. The van der Waals surface area contributed by atoms with Crippen LogP contribution in [0.4, 0.5) is 25.0 Å². The summed E-state index contributed by atoms with van der Waals surface area (Å²) in [6, 6.07) is 9.92. The average molecular weight is 581 g/mol. The monoisotopic (exact) mass is 580 g/mol. The molecule has 0 radical (unpaired) electrons. The summed E-state index contributed by atoms with van der Waals surface area (Å²) in [7, 11) is 0. The SMILES string of the molecule is CC(C)(C)OC(=O)N1CCC2(CC1)CCN(c1ccc(Oc3cncc(-c4ccc(F)c(F)c4)c3)cc1[N+](=O)[O-])CC2. The maximum Gasteiger partial charge on any atom is 0.410 e. The average Bonchev–Trinajstić information content (AvgIpc) is 2.95. The first-order valence-corrected chi connectivity index (χ1v) is 14.0. The number of nitro groups is 1. The highest BCUT2D eigenvalue weighted by atomic mass is 19.2. The van der Waals surface area contributed by atoms with Gasteiger partial charge in [-0.15, -0.1) is 0 Å². The van der Waals surface area contributed by atoms with Crippen LogP contribution in [-0.2, 0) is 4.74 Å². The number of halogens is 2. The van der Waals surface area contributed by atoms with Crippen molar-refractivity contribution in [3.8, 4) is 22.6 Å². The number of anilines is 1. The van der Waals surface area contributed by atoms with E-state index in [-0.39, 0.29) is 22.9 Å². The number of amides is 1. The van der Waals surface area contributed by atoms with E-state index in [0.717, 1.165) is 37.8 Å². The second-order valence-electron chi connectivity index (χ2n) is 12.0. The van der Waals surface area contributed by atoms with Crippen molar-refractivity contribution in [2.75, 3.05) is 31.1 Å². The number of rotatable bonds is 5. The van der Waals surface area contributed by atoms with Gasteiger partial charge in [-0.2, -0.15) is 0 Å². The number of nitrogens with zero attached hydrogens (tertiary/aromatic N) is 4. The third-order valence-corrected chi connectivity index (χ3v) is 7.99. The molecular weight excluding hydrogens is 546 g/mol. The number of nitro benzene ring substituents is 1. The Morgan fingerprint density at radius 2 is 1.60 bits per heavy atom. The van der Waals surface area contributed by atoms with Gasteiger partial charge in [0, 0.05) is 37.9 Å². The van der Waals surface area contributed by atoms with E-state index in [1.165, 1.54) is 24.5 Å². The van der Waals surface area contributed by atoms with E-state index in [1.807, 2.05) is 25.7 Å². The number of carbonyl (C=O) groups is 1. The number of pyridine rings is 1. The Morgan fingerprint density at radius 1 is 0.905 bits per heavy atom. The molecule has 0 aliphatic carbocycles. The Bertz CT molecular complexity index is 1470. The third kappa shape index (κ3) is 6.61. The van der Waals surface area contributed by atoms with Gasteiger partial charge in [-0.3, -0.25) is 15.1 Å². The summed E-state index contributed by atoms with van der Waals surface area (Å²) in [6.45, 7) is 8.22. The second kappa shape index (κ2) is 11.5. The molecule has 2 saturated heterocycles. The fourth-order valence-corrected chi connectivity index (χ4v) is 5.64. The first kappa shape index (κ1) is 29.2. The molecule has 2 fully saturated rings. The zero-order chi connectivity index (χ0) is 30.1. The molecule has 1 amide bonds. The Labute approximate surface area is 243 Å². The minimum absolute atomic E-state index is 0.0621. The Morgan fingerprint density at radius 3 is 2.24 bits per heavy atom. The van der Waals surface area contributed by atoms with Gasteiger partial charge < -0.3 is 19.3 Å². The molecule has 0 bridgehead atoms. The van der Waals surface area contributed by atoms with Gasteiger partial charge in [0.25, 0.3) is 5.69 Å². The van der Waals surface area contributed by atoms with Gasteiger partial charge >= 0.3 is 6.09 Å². The van der Waals surface area contributed by atoms with E-state index in [4.69, 9.17) is 9.47 Å². The first-order valence-electron chi connectivity index (χ1n) is 14.0. The molecule has 2 aliphatic rings. The van der Waals surface area contributed by atoms with Gasteiger partial charge in [-0.1, -0.05) is 6.07 Å². The highest BCUT2D eigenvalue weighted by Gasteiger charge is 2.40. The van der Waals surface area contributed by atoms with E-state index < -0.39 is 22.2 Å². The van der Waals surface area contributed by atoms with Crippen LogP contribution < -0.4 is 9.64 Å². The molecule has 1 spiro atoms. The summed E-state index contributed by atoms with van der Waals surface area (Å²) in [5, 5.41) is 12.1. The molecule has 5 rings (SSSR count). The summed E-state index contributed by atoms with van der Waals surface area (Å²) < 4.78 is 38.4. The van der Waals surface area contributed by atoms with Gasteiger partial charge in [-0.05, 0) is 87.8 Å². The molecule has 222 valence electrons. The summed E-state index contributed by atoms with van der Waals surface area (Å²) in [4.78, 5) is 32.0. The zero-order valence-corrected chi connectivity index (χ0v) is 23.9. The second-order valence-corrected chi connectivity index (χ2v) is 12.0. The van der Waals surface area contributed by atoms with Crippen LogP contribution in [0.3, 0.4) is 0 Å². The lowest BCUT2D eigenvalue weighted by atomic mass is 9.71. The molecular formula is C31H34F2N4O5. The van der Waals surface area contributed by atoms with Crippen molar-refractivity contribution in [1.82, 2.24) is 9.88 Å². The molecule has 42 heavy (non-hydrogen) atoms. The Hall–Kier alpha value is -4.28. The number of hydrogen-bond donors (Lipinski definition) is 0. The molecule has 0 N–H and O–H groups in total. The molecule has 2 aliphatic heterocycles. The number of aromatic nitrogens is 1. The van der Waals surface area contributed by atoms with Gasteiger partial charge in [0.05, 0.1) is 17.2 Å². The molecule has 9 nitrogen and oxygen atoms in total. The summed E-state index contributed by atoms with van der Waals surface area (Å²) in [6.07, 6.45) is 6.19. The van der Waals surface area contributed by atoms with Crippen molar-refractivity contribution in [3.63, 3.8) is 0 Å². The van der Waals surface area contributed by atoms with E-state index in [0.29, 0.717) is 48.7 Å². The maximum absolute atomic E-state index is 13.7. The third-order valence-electron chi connectivity index (χ3n) is 7.99. The van der Waals surface area contributed by atoms with Crippen LogP contribution in [0.1, 0.15) is 46.5 Å². The van der Waals surface area contributed by atoms with E-state index in [1.54, 1.807) is 23.1 Å². The van der Waals surface area contributed by atoms with Gasteiger partial charge in [0.1, 0.15) is 22.8 Å². The fourth-order valence-electron chi connectivity index (χ4n) is 5.64. The van der Waals surface area contributed by atoms with Gasteiger partial charge in [0.15, 0.2) is 11.6 Å². The molecule has 0 saturated carbocycles. The number of ether oxygens (including phenoxy) is 2. The van der Waals surface area contributed by atoms with Crippen molar-refractivity contribution >= 4 is 17.5 Å². The quantitative estimate of drug-likeness (QED) is 0.230. The first-order chi connectivity index (χ1) is 19.9. The summed E-state index contributed by atoms with van der Waals surface area (Å²) in [5.74, 6) is -1.35. The maximum atomic E-state index is 13.7. The zero-order valence-electron chi connectivity index (χ0n) is 23.9. The molecule has 2 aromatic carbocycles. The predicted molar refractivity (Wildman–Crippen MR) is 154 cm³/mol. The number of carbonyl (C=O) groups excluding carboxylic acids is 1. The van der Waals surface area contributed by atoms with E-state index in [2.05, 4.69) is 4.98 Å². The number of piperidine rings is 2. The van der Waals surface area contributed by atoms with E-state index >= 15 is 0 Å². The molecule has 3 heterocycles. The lowest BCUT2D eigenvalue weighted by Gasteiger charge is -2.47. The van der Waals surface area contributed by atoms with Gasteiger partial charge in [-0.25, -0.2) is 13.6 Å². The molecule has 1 aromatic heterocycles. The van der Waals surface area contributed by atoms with Crippen molar-refractivity contribution in [2.24, 2.45) is 5.41 Å². The Balaban J connectivity index is 1.24. The normalized spacial score (nSPS) is 16.8. The topological polar surface area (TPSA) is 98.0 Å². The largest absolute Gasteiger partial charge is 0.455 e. The number of benzene rings is 2. The number of hydrogen-bond acceptors (Lipinski definition) is 7. The van der Waals surface area contributed by atoms with E-state index in [9.17, 15) is 23.7 Å². The highest BCUT2D eigenvalue weighted by molar-refractivity contribution is 5.68. The van der Waals surface area contributed by atoms with Crippen LogP contribution in [0.25, 0.3) is 11.1 Å². The lowest BCUT2D eigenvalue weighted by molar-refractivity contribution is -0.384. The minimum atomic E-state index is -0.972. The summed E-state index contributed by atoms with van der Waals surface area (Å²) in [5.41, 5.74) is 0.981. The van der Waals surface area contributed by atoms with Crippen LogP contribution in [0.5, 0.6) is 11.5 Å². The fraction of sp³-hybridized carbons (Fsp3) is 0.419. The van der Waals surface area contributed by atoms with Crippen LogP contribution in [-0.4, -0.2) is 52.7 Å². The smallest absolute Gasteiger partial charge is 0.410 e. The van der Waals surface area contributed by atoms with Crippen molar-refractivity contribution in [3.05, 3.63) is 76.6 Å². The standard InChI is InChI=1S/C31H34F2N4O5/c1-30(2,3)42-29(38)36-14-10-31(11-15-36)8-12-35(13-9-31)27-7-5-23(18-28(27)37(39)40)41-24-16-22(19-34-20-24)21-4-6-25(32)26(33)17-21/h4-7,16-20H,8-15H2,1-3H3. The molecule has 0 unspecified atom stereocenters. The minimum Gasteiger partial charge on any atom is -0.455 e. The van der Waals surface area contributed by atoms with Crippen LogP contribution in [0.2, 0.25) is 0 Å². The van der Waals surface area contributed by atoms with Crippen molar-refractivity contribution in [1.29, 1.82) is 0 Å². The van der Waals surface area contributed by atoms with Crippen LogP contribution in [0.15, 0.2) is 54.9 Å². The molecule has 0 atom stereocenters. The van der Waals surface area contributed by atoms with Crippen LogP contribution >= 0.6 is 0 Å². The lowest BCUT2D eigenvalue weighted by Crippen LogP contribution is -2.49. The van der Waals surface area contributed by atoms with Crippen LogP contribution in [0, 0.1) is 27.2 Å². The van der Waals surface area contributed by atoms with Crippen molar-refractivity contribution < 1.29 is 28.0 Å².